The standard InChI is InChI=1S/C40H39FO7S/c1-26-13-14-31(21-32(26)22-34-19-20-36(49-34)30-15-17-33(41)18-16-30)37(43)38(44)39(45)40(47-24-29-11-7-4-8-12-29)35(48-27(2)42)25-46-23-28-9-5-3-6-10-28/h3-21,35,38-40,44-45H,22-25H2,1-2H3/t35-,38+,39-,40-/m1/s1. The lowest BCUT2D eigenvalue weighted by atomic mass is 9.93. The molecule has 4 aromatic carbocycles. The number of halogens is 1. The third-order valence-electron chi connectivity index (χ3n) is 8.08. The first-order valence-electron chi connectivity index (χ1n) is 16.0. The summed E-state index contributed by atoms with van der Waals surface area (Å²) >= 11 is 1.57. The summed E-state index contributed by atoms with van der Waals surface area (Å²) in [6.45, 7) is 3.26. The van der Waals surface area contributed by atoms with Gasteiger partial charge < -0.3 is 24.4 Å². The van der Waals surface area contributed by atoms with Crippen LogP contribution in [0, 0.1) is 12.7 Å². The monoisotopic (exact) mass is 682 g/mol. The molecular formula is C40H39FO7S. The molecule has 0 spiro atoms. The molecule has 49 heavy (non-hydrogen) atoms. The van der Waals surface area contributed by atoms with Gasteiger partial charge in [0.2, 0.25) is 0 Å². The van der Waals surface area contributed by atoms with E-state index in [-0.39, 0.29) is 31.2 Å². The molecule has 0 unspecified atom stereocenters. The molecule has 2 N–H and O–H groups in total. The molecule has 0 fully saturated rings. The molecule has 0 aliphatic carbocycles. The summed E-state index contributed by atoms with van der Waals surface area (Å²) in [7, 11) is 0. The number of carbonyl (C=O) groups excluding carboxylic acids is 2. The summed E-state index contributed by atoms with van der Waals surface area (Å²) in [5.74, 6) is -1.63. The van der Waals surface area contributed by atoms with Crippen LogP contribution >= 0.6 is 11.3 Å². The van der Waals surface area contributed by atoms with Crippen LogP contribution in [0.4, 0.5) is 4.39 Å². The molecule has 0 aliphatic heterocycles. The number of aliphatic hydroxyl groups excluding tert-OH is 2. The van der Waals surface area contributed by atoms with E-state index in [1.54, 1.807) is 41.7 Å². The van der Waals surface area contributed by atoms with Gasteiger partial charge in [-0.15, -0.1) is 11.3 Å². The Balaban J connectivity index is 1.34. The Bertz CT molecular complexity index is 1810. The lowest BCUT2D eigenvalue weighted by molar-refractivity contribution is -0.179. The van der Waals surface area contributed by atoms with Gasteiger partial charge in [-0.1, -0.05) is 84.9 Å². The number of ether oxygens (including phenoxy) is 3. The van der Waals surface area contributed by atoms with Crippen LogP contribution in [0.5, 0.6) is 0 Å². The maximum absolute atomic E-state index is 13.7. The summed E-state index contributed by atoms with van der Waals surface area (Å²) in [5, 5.41) is 22.8. The van der Waals surface area contributed by atoms with Crippen LogP contribution in [0.1, 0.15) is 44.4 Å². The van der Waals surface area contributed by atoms with E-state index in [4.69, 9.17) is 14.2 Å². The zero-order chi connectivity index (χ0) is 34.8. The molecule has 0 saturated heterocycles. The Morgan fingerprint density at radius 2 is 1.47 bits per heavy atom. The second kappa shape index (κ2) is 17.2. The molecule has 7 nitrogen and oxygen atoms in total. The van der Waals surface area contributed by atoms with Crippen molar-refractivity contribution in [3.63, 3.8) is 0 Å². The summed E-state index contributed by atoms with van der Waals surface area (Å²) in [6.07, 6.45) is -5.56. The van der Waals surface area contributed by atoms with Crippen molar-refractivity contribution in [1.82, 2.24) is 0 Å². The molecule has 5 rings (SSSR count). The van der Waals surface area contributed by atoms with Crippen molar-refractivity contribution >= 4 is 23.1 Å². The van der Waals surface area contributed by atoms with Gasteiger partial charge in [-0.3, -0.25) is 9.59 Å². The summed E-state index contributed by atoms with van der Waals surface area (Å²) in [4.78, 5) is 27.9. The van der Waals surface area contributed by atoms with E-state index in [0.29, 0.717) is 6.42 Å². The van der Waals surface area contributed by atoms with Gasteiger partial charge in [0.25, 0.3) is 0 Å². The highest BCUT2D eigenvalue weighted by molar-refractivity contribution is 7.15. The number of esters is 1. The van der Waals surface area contributed by atoms with Crippen molar-refractivity contribution in [2.45, 2.75) is 57.9 Å². The first kappa shape index (κ1) is 35.8. The number of hydrogen-bond acceptors (Lipinski definition) is 8. The molecule has 254 valence electrons. The Labute approximate surface area is 289 Å². The zero-order valence-corrected chi connectivity index (χ0v) is 28.1. The van der Waals surface area contributed by atoms with Gasteiger partial charge in [0.15, 0.2) is 11.9 Å². The van der Waals surface area contributed by atoms with E-state index in [2.05, 4.69) is 0 Å². The molecule has 1 heterocycles. The zero-order valence-electron chi connectivity index (χ0n) is 27.3. The Hall–Kier alpha value is -4.51. The van der Waals surface area contributed by atoms with E-state index in [9.17, 15) is 24.2 Å². The number of Topliss-reactive ketones (excluding diaryl/α,β-unsaturated/α-hetero) is 1. The van der Waals surface area contributed by atoms with Crippen LogP contribution in [0.15, 0.2) is 115 Å². The molecule has 0 amide bonds. The maximum Gasteiger partial charge on any atom is 0.303 e. The van der Waals surface area contributed by atoms with Crippen LogP contribution in [0.3, 0.4) is 0 Å². The fourth-order valence-corrected chi connectivity index (χ4v) is 6.46. The van der Waals surface area contributed by atoms with Gasteiger partial charge in [-0.05, 0) is 65.1 Å². The fourth-order valence-electron chi connectivity index (χ4n) is 5.42. The summed E-state index contributed by atoms with van der Waals surface area (Å²) < 4.78 is 30.9. The summed E-state index contributed by atoms with van der Waals surface area (Å²) in [5.41, 5.74) is 4.64. The Morgan fingerprint density at radius 3 is 2.12 bits per heavy atom. The quantitative estimate of drug-likeness (QED) is 0.0847. The number of ketones is 1. The first-order valence-corrected chi connectivity index (χ1v) is 16.8. The van der Waals surface area contributed by atoms with Crippen molar-refractivity contribution in [2.24, 2.45) is 0 Å². The molecule has 0 radical (unpaired) electrons. The molecule has 9 heteroatoms. The molecule has 4 atom stereocenters. The Morgan fingerprint density at radius 1 is 0.816 bits per heavy atom. The molecule has 1 aromatic heterocycles. The molecule has 5 aromatic rings. The molecule has 0 saturated carbocycles. The van der Waals surface area contributed by atoms with Crippen molar-refractivity contribution in [1.29, 1.82) is 0 Å². The predicted molar refractivity (Wildman–Crippen MR) is 187 cm³/mol. The highest BCUT2D eigenvalue weighted by Gasteiger charge is 2.39. The third-order valence-corrected chi connectivity index (χ3v) is 9.21. The van der Waals surface area contributed by atoms with Crippen LogP contribution in [-0.2, 0) is 38.6 Å². The van der Waals surface area contributed by atoms with Gasteiger partial charge in [-0.25, -0.2) is 4.39 Å². The number of aliphatic hydroxyl groups is 2. The number of hydrogen-bond donors (Lipinski definition) is 2. The minimum Gasteiger partial charge on any atom is -0.457 e. The average Bonchev–Trinajstić information content (AvgIpc) is 3.58. The predicted octanol–water partition coefficient (Wildman–Crippen LogP) is 7.09. The van der Waals surface area contributed by atoms with Gasteiger partial charge in [-0.2, -0.15) is 0 Å². The summed E-state index contributed by atoms with van der Waals surface area (Å²) in [6, 6.07) is 34.1. The SMILES string of the molecule is CC(=O)O[C@H](COCc1ccccc1)[C@@H](OCc1ccccc1)[C@H](O)[C@@H](O)C(=O)c1ccc(C)c(Cc2ccc(-c3ccc(F)cc3)s2)c1. The van der Waals surface area contributed by atoms with Crippen molar-refractivity contribution in [3.8, 4) is 10.4 Å². The lowest BCUT2D eigenvalue weighted by Crippen LogP contribution is -2.51. The van der Waals surface area contributed by atoms with Crippen molar-refractivity contribution < 1.29 is 38.4 Å². The maximum atomic E-state index is 13.7. The van der Waals surface area contributed by atoms with E-state index >= 15 is 0 Å². The largest absolute Gasteiger partial charge is 0.457 e. The van der Waals surface area contributed by atoms with Gasteiger partial charge >= 0.3 is 5.97 Å². The van der Waals surface area contributed by atoms with Crippen LogP contribution in [0.2, 0.25) is 0 Å². The minimum absolute atomic E-state index is 0.0231. The normalized spacial score (nSPS) is 13.7. The topological polar surface area (TPSA) is 102 Å². The lowest BCUT2D eigenvalue weighted by Gasteiger charge is -2.32. The highest BCUT2D eigenvalue weighted by atomic mass is 32.1. The smallest absolute Gasteiger partial charge is 0.303 e. The van der Waals surface area contributed by atoms with Crippen LogP contribution in [-0.4, -0.2) is 53.0 Å². The second-order valence-corrected chi connectivity index (χ2v) is 13.0. The highest BCUT2D eigenvalue weighted by Crippen LogP contribution is 2.30. The number of thiophene rings is 1. The number of aryl methyl sites for hydroxylation is 1. The minimum atomic E-state index is -1.89. The molecular weight excluding hydrogens is 643 g/mol. The fraction of sp³-hybridized carbons (Fsp3) is 0.250. The van der Waals surface area contributed by atoms with Crippen molar-refractivity contribution in [2.75, 3.05) is 6.61 Å². The average molecular weight is 683 g/mol. The molecule has 0 aliphatic rings. The number of benzene rings is 4. The Kier molecular flexibility index (Phi) is 12.6. The van der Waals surface area contributed by atoms with E-state index in [0.717, 1.165) is 37.6 Å². The van der Waals surface area contributed by atoms with E-state index in [1.807, 2.05) is 79.7 Å². The van der Waals surface area contributed by atoms with Crippen LogP contribution < -0.4 is 0 Å². The second-order valence-electron chi connectivity index (χ2n) is 11.8. The van der Waals surface area contributed by atoms with Gasteiger partial charge in [0.1, 0.15) is 24.1 Å². The number of carbonyl (C=O) groups is 2. The third kappa shape index (κ3) is 10.0. The van der Waals surface area contributed by atoms with Gasteiger partial charge in [0.05, 0.1) is 19.8 Å². The van der Waals surface area contributed by atoms with Gasteiger partial charge in [0, 0.05) is 28.7 Å². The molecule has 0 bridgehead atoms. The van der Waals surface area contributed by atoms with Crippen LogP contribution in [0.25, 0.3) is 10.4 Å². The van der Waals surface area contributed by atoms with Crippen molar-refractivity contribution in [3.05, 3.63) is 154 Å². The first-order chi connectivity index (χ1) is 23.7. The number of rotatable bonds is 16. The van der Waals surface area contributed by atoms with E-state index in [1.165, 1.54) is 19.1 Å². The van der Waals surface area contributed by atoms with E-state index < -0.39 is 36.2 Å².